The van der Waals surface area contributed by atoms with Crippen LogP contribution in [0.5, 0.6) is 0 Å². The van der Waals surface area contributed by atoms with Gasteiger partial charge in [-0.25, -0.2) is 0 Å². The second kappa shape index (κ2) is 5.21. The number of carboxylic acid groups (broad SMARTS) is 1. The summed E-state index contributed by atoms with van der Waals surface area (Å²) < 4.78 is 0. The highest BCUT2D eigenvalue weighted by atomic mass is 32.2. The van der Waals surface area contributed by atoms with Gasteiger partial charge in [-0.3, -0.25) is 4.79 Å². The van der Waals surface area contributed by atoms with Gasteiger partial charge in [0.1, 0.15) is 0 Å². The summed E-state index contributed by atoms with van der Waals surface area (Å²) in [5.41, 5.74) is -0.502. The number of hydrogen-bond acceptors (Lipinski definition) is 3. The van der Waals surface area contributed by atoms with E-state index in [1.807, 2.05) is 25.6 Å². The Bertz CT molecular complexity index is 233. The second-order valence-electron chi connectivity index (χ2n) is 4.63. The van der Waals surface area contributed by atoms with Crippen molar-refractivity contribution in [3.05, 3.63) is 0 Å². The van der Waals surface area contributed by atoms with E-state index in [0.29, 0.717) is 0 Å². The van der Waals surface area contributed by atoms with Gasteiger partial charge in [-0.2, -0.15) is 11.8 Å². The Balaban J connectivity index is 2.60. The maximum Gasteiger partial charge on any atom is 0.311 e. The van der Waals surface area contributed by atoms with Crippen molar-refractivity contribution < 1.29 is 9.90 Å². The van der Waals surface area contributed by atoms with Gasteiger partial charge < -0.3 is 10.0 Å². The number of aliphatic carboxylic acids is 1. The molecule has 0 radical (unpaired) electrons. The highest BCUT2D eigenvalue weighted by Gasteiger charge is 2.46. The number of likely N-dealkylation sites (tertiary alicyclic amines) is 1. The Morgan fingerprint density at radius 2 is 2.27 bits per heavy atom. The molecule has 0 saturated carbocycles. The molecule has 0 aliphatic carbocycles. The molecule has 1 atom stereocenters. The Morgan fingerprint density at radius 1 is 1.60 bits per heavy atom. The minimum Gasteiger partial charge on any atom is -0.481 e. The number of carboxylic acids is 1. The summed E-state index contributed by atoms with van der Waals surface area (Å²) in [7, 11) is 0. The third-order valence-corrected chi connectivity index (χ3v) is 4.11. The zero-order valence-electron chi connectivity index (χ0n) is 9.82. The van der Waals surface area contributed by atoms with Gasteiger partial charge in [0.15, 0.2) is 0 Å². The van der Waals surface area contributed by atoms with Gasteiger partial charge in [-0.1, -0.05) is 13.8 Å². The van der Waals surface area contributed by atoms with E-state index >= 15 is 0 Å². The van der Waals surface area contributed by atoms with E-state index < -0.39 is 11.4 Å². The average Bonchev–Trinajstić information content (AvgIpc) is 2.60. The Morgan fingerprint density at radius 3 is 2.67 bits per heavy atom. The van der Waals surface area contributed by atoms with E-state index in [0.717, 1.165) is 31.8 Å². The van der Waals surface area contributed by atoms with Crippen LogP contribution in [0.25, 0.3) is 0 Å². The zero-order chi connectivity index (χ0) is 11.5. The maximum atomic E-state index is 11.4. The molecule has 88 valence electrons. The summed E-state index contributed by atoms with van der Waals surface area (Å²) in [6.07, 6.45) is 2.89. The van der Waals surface area contributed by atoms with Crippen LogP contribution in [-0.4, -0.2) is 47.6 Å². The standard InChI is InChI=1S/C11H21NO2S/c1-9(2)11(10(13)14)4-5-12(8-11)6-7-15-3/h9H,4-8H2,1-3H3,(H,13,14). The smallest absolute Gasteiger partial charge is 0.311 e. The minimum atomic E-state index is -0.621. The lowest BCUT2D eigenvalue weighted by atomic mass is 9.76. The summed E-state index contributed by atoms with van der Waals surface area (Å²) >= 11 is 1.82. The molecular weight excluding hydrogens is 210 g/mol. The molecule has 0 spiro atoms. The van der Waals surface area contributed by atoms with Crippen LogP contribution in [-0.2, 0) is 4.79 Å². The van der Waals surface area contributed by atoms with Gasteiger partial charge in [0, 0.05) is 18.8 Å². The monoisotopic (exact) mass is 231 g/mol. The molecule has 15 heavy (non-hydrogen) atoms. The van der Waals surface area contributed by atoms with Gasteiger partial charge in [0.25, 0.3) is 0 Å². The van der Waals surface area contributed by atoms with Crippen molar-refractivity contribution >= 4 is 17.7 Å². The molecule has 0 aromatic heterocycles. The Labute approximate surface area is 96.2 Å². The van der Waals surface area contributed by atoms with E-state index in [1.165, 1.54) is 0 Å². The van der Waals surface area contributed by atoms with Crippen molar-refractivity contribution in [2.24, 2.45) is 11.3 Å². The lowest BCUT2D eigenvalue weighted by Gasteiger charge is -2.28. The van der Waals surface area contributed by atoms with Crippen LogP contribution in [0.3, 0.4) is 0 Å². The van der Waals surface area contributed by atoms with Crippen LogP contribution >= 0.6 is 11.8 Å². The summed E-state index contributed by atoms with van der Waals surface area (Å²) in [6.45, 7) is 6.72. The fourth-order valence-corrected chi connectivity index (χ4v) is 2.66. The first kappa shape index (κ1) is 12.8. The molecule has 0 bridgehead atoms. The quantitative estimate of drug-likeness (QED) is 0.783. The van der Waals surface area contributed by atoms with E-state index in [4.69, 9.17) is 0 Å². The number of hydrogen-bond donors (Lipinski definition) is 1. The lowest BCUT2D eigenvalue weighted by molar-refractivity contribution is -0.150. The first-order valence-corrected chi connectivity index (χ1v) is 6.87. The summed E-state index contributed by atoms with van der Waals surface area (Å²) in [6, 6.07) is 0. The number of nitrogens with zero attached hydrogens (tertiary/aromatic N) is 1. The van der Waals surface area contributed by atoms with Gasteiger partial charge in [0.2, 0.25) is 0 Å². The Hall–Kier alpha value is -0.220. The number of rotatable bonds is 5. The zero-order valence-corrected chi connectivity index (χ0v) is 10.6. The van der Waals surface area contributed by atoms with Crippen LogP contribution < -0.4 is 0 Å². The van der Waals surface area contributed by atoms with Crippen molar-refractivity contribution in [2.75, 3.05) is 31.6 Å². The molecule has 1 saturated heterocycles. The van der Waals surface area contributed by atoms with E-state index in [2.05, 4.69) is 11.2 Å². The summed E-state index contributed by atoms with van der Waals surface area (Å²) in [5.74, 6) is 0.687. The van der Waals surface area contributed by atoms with Gasteiger partial charge in [-0.05, 0) is 25.1 Å². The molecule has 1 aliphatic rings. The Kier molecular flexibility index (Phi) is 4.46. The molecule has 1 rings (SSSR count). The van der Waals surface area contributed by atoms with Crippen molar-refractivity contribution in [2.45, 2.75) is 20.3 Å². The molecule has 1 fully saturated rings. The molecule has 4 heteroatoms. The molecule has 3 nitrogen and oxygen atoms in total. The fraction of sp³-hybridized carbons (Fsp3) is 0.909. The van der Waals surface area contributed by atoms with Crippen LogP contribution in [0, 0.1) is 11.3 Å². The molecule has 1 heterocycles. The van der Waals surface area contributed by atoms with Crippen molar-refractivity contribution in [1.82, 2.24) is 4.90 Å². The van der Waals surface area contributed by atoms with Gasteiger partial charge in [-0.15, -0.1) is 0 Å². The highest BCUT2D eigenvalue weighted by Crippen LogP contribution is 2.37. The largest absolute Gasteiger partial charge is 0.481 e. The van der Waals surface area contributed by atoms with Crippen LogP contribution in [0.2, 0.25) is 0 Å². The molecule has 1 unspecified atom stereocenters. The van der Waals surface area contributed by atoms with E-state index in [-0.39, 0.29) is 5.92 Å². The van der Waals surface area contributed by atoms with Crippen LogP contribution in [0.15, 0.2) is 0 Å². The normalized spacial score (nSPS) is 27.5. The molecule has 0 aromatic carbocycles. The minimum absolute atomic E-state index is 0.217. The first-order valence-electron chi connectivity index (χ1n) is 5.47. The molecule has 0 aromatic rings. The number of carbonyl (C=O) groups is 1. The average molecular weight is 231 g/mol. The number of thioether (sulfide) groups is 1. The van der Waals surface area contributed by atoms with Crippen LogP contribution in [0.4, 0.5) is 0 Å². The predicted octanol–water partition coefficient (Wildman–Crippen LogP) is 1.78. The molecule has 1 aliphatic heterocycles. The fourth-order valence-electron chi connectivity index (χ4n) is 2.22. The molecule has 1 N–H and O–H groups in total. The van der Waals surface area contributed by atoms with Gasteiger partial charge in [0.05, 0.1) is 5.41 Å². The van der Waals surface area contributed by atoms with Crippen molar-refractivity contribution in [1.29, 1.82) is 0 Å². The lowest BCUT2D eigenvalue weighted by Crippen LogP contribution is -2.39. The third-order valence-electron chi connectivity index (χ3n) is 3.52. The molecular formula is C11H21NO2S. The highest BCUT2D eigenvalue weighted by molar-refractivity contribution is 7.98. The maximum absolute atomic E-state index is 11.4. The second-order valence-corrected chi connectivity index (χ2v) is 5.62. The molecule has 0 amide bonds. The van der Waals surface area contributed by atoms with Crippen LogP contribution in [0.1, 0.15) is 20.3 Å². The predicted molar refractivity (Wildman–Crippen MR) is 64.3 cm³/mol. The van der Waals surface area contributed by atoms with Crippen molar-refractivity contribution in [3.63, 3.8) is 0 Å². The van der Waals surface area contributed by atoms with E-state index in [1.54, 1.807) is 0 Å². The first-order chi connectivity index (χ1) is 7.03. The van der Waals surface area contributed by atoms with Crippen molar-refractivity contribution in [3.8, 4) is 0 Å². The summed E-state index contributed by atoms with van der Waals surface area (Å²) in [5, 5.41) is 9.35. The third kappa shape index (κ3) is 2.67. The van der Waals surface area contributed by atoms with E-state index in [9.17, 15) is 9.90 Å². The summed E-state index contributed by atoms with van der Waals surface area (Å²) in [4.78, 5) is 13.6. The topological polar surface area (TPSA) is 40.5 Å². The SMILES string of the molecule is CSCCN1CCC(C(=O)O)(C(C)C)C1. The van der Waals surface area contributed by atoms with Gasteiger partial charge >= 0.3 is 5.97 Å².